The zero-order valence-corrected chi connectivity index (χ0v) is 15.2. The third-order valence-corrected chi connectivity index (χ3v) is 4.68. The summed E-state index contributed by atoms with van der Waals surface area (Å²) < 4.78 is 2.07. The van der Waals surface area contributed by atoms with Crippen molar-refractivity contribution in [2.75, 3.05) is 11.9 Å². The van der Waals surface area contributed by atoms with Crippen molar-refractivity contribution in [2.45, 2.75) is 39.2 Å². The Morgan fingerprint density at radius 2 is 2.00 bits per heavy atom. The summed E-state index contributed by atoms with van der Waals surface area (Å²) in [5, 5.41) is 6.48. The second-order valence-electron chi connectivity index (χ2n) is 7.02. The molecule has 0 radical (unpaired) electrons. The highest BCUT2D eigenvalue weighted by molar-refractivity contribution is 5.95. The molecule has 1 amide bonds. The fourth-order valence-electron chi connectivity index (χ4n) is 3.13. The van der Waals surface area contributed by atoms with Crippen LogP contribution in [0, 0.1) is 6.92 Å². The van der Waals surface area contributed by atoms with Gasteiger partial charge in [0.15, 0.2) is 0 Å². The molecule has 4 rings (SSSR count). The SMILES string of the molecule is CCCNc1cc(C)cc2c1ncn2-c1ccc(C(=O)NC2CC2)cc1. The number of nitrogens with zero attached hydrogens (tertiary/aromatic N) is 2. The van der Waals surface area contributed by atoms with Gasteiger partial charge >= 0.3 is 0 Å². The highest BCUT2D eigenvalue weighted by Crippen LogP contribution is 2.27. The van der Waals surface area contributed by atoms with Crippen LogP contribution >= 0.6 is 0 Å². The van der Waals surface area contributed by atoms with Gasteiger partial charge in [0.1, 0.15) is 11.8 Å². The van der Waals surface area contributed by atoms with Crippen molar-refractivity contribution in [3.63, 3.8) is 0 Å². The highest BCUT2D eigenvalue weighted by atomic mass is 16.1. The molecule has 0 aliphatic heterocycles. The van der Waals surface area contributed by atoms with Gasteiger partial charge in [0.2, 0.25) is 0 Å². The average Bonchev–Trinajstić information content (AvgIpc) is 3.36. The molecule has 2 N–H and O–H groups in total. The van der Waals surface area contributed by atoms with E-state index in [1.54, 1.807) is 0 Å². The van der Waals surface area contributed by atoms with Crippen LogP contribution in [-0.2, 0) is 0 Å². The molecule has 1 aromatic heterocycles. The summed E-state index contributed by atoms with van der Waals surface area (Å²) in [5.41, 5.74) is 6.01. The molecule has 2 aromatic carbocycles. The molecule has 1 aliphatic rings. The first-order valence-corrected chi connectivity index (χ1v) is 9.28. The van der Waals surface area contributed by atoms with Gasteiger partial charge in [-0.2, -0.15) is 0 Å². The van der Waals surface area contributed by atoms with E-state index < -0.39 is 0 Å². The van der Waals surface area contributed by atoms with Crippen molar-refractivity contribution in [3.05, 3.63) is 53.9 Å². The predicted octanol–water partition coefficient (Wildman–Crippen LogP) is 4.05. The standard InChI is InChI=1S/C21H24N4O/c1-3-10-22-18-11-14(2)12-19-20(18)23-13-25(19)17-8-4-15(5-9-17)21(26)24-16-6-7-16/h4-5,8-9,11-13,16,22H,3,6-7,10H2,1-2H3,(H,24,26). The number of fused-ring (bicyclic) bond motifs is 1. The molecule has 1 heterocycles. The van der Waals surface area contributed by atoms with Crippen LogP contribution in [0.4, 0.5) is 5.69 Å². The predicted molar refractivity (Wildman–Crippen MR) is 105 cm³/mol. The Morgan fingerprint density at radius 3 is 2.69 bits per heavy atom. The molecular formula is C21H24N4O. The number of hydrogen-bond acceptors (Lipinski definition) is 3. The number of carbonyl (C=O) groups is 1. The van der Waals surface area contributed by atoms with Crippen molar-refractivity contribution < 1.29 is 4.79 Å². The molecule has 0 saturated heterocycles. The number of benzene rings is 2. The van der Waals surface area contributed by atoms with Gasteiger partial charge in [0.25, 0.3) is 5.91 Å². The molecule has 5 heteroatoms. The van der Waals surface area contributed by atoms with Crippen LogP contribution in [0.5, 0.6) is 0 Å². The largest absolute Gasteiger partial charge is 0.383 e. The summed E-state index contributed by atoms with van der Waals surface area (Å²) in [6.45, 7) is 5.18. The van der Waals surface area contributed by atoms with Gasteiger partial charge in [-0.05, 0) is 68.1 Å². The minimum absolute atomic E-state index is 0.0106. The first kappa shape index (κ1) is 16.6. The Kier molecular flexibility index (Phi) is 4.37. The Labute approximate surface area is 153 Å². The summed E-state index contributed by atoms with van der Waals surface area (Å²) in [6.07, 6.45) is 5.11. The van der Waals surface area contributed by atoms with E-state index in [9.17, 15) is 4.79 Å². The van der Waals surface area contributed by atoms with Gasteiger partial charge in [-0.3, -0.25) is 9.36 Å². The van der Waals surface area contributed by atoms with Gasteiger partial charge in [0.05, 0.1) is 11.2 Å². The summed E-state index contributed by atoms with van der Waals surface area (Å²) >= 11 is 0. The van der Waals surface area contributed by atoms with Gasteiger partial charge in [-0.1, -0.05) is 6.92 Å². The van der Waals surface area contributed by atoms with Crippen molar-refractivity contribution in [1.82, 2.24) is 14.9 Å². The van der Waals surface area contributed by atoms with Crippen molar-refractivity contribution in [3.8, 4) is 5.69 Å². The minimum Gasteiger partial charge on any atom is -0.383 e. The zero-order valence-electron chi connectivity index (χ0n) is 15.2. The monoisotopic (exact) mass is 348 g/mol. The molecule has 1 saturated carbocycles. The van der Waals surface area contributed by atoms with E-state index in [0.29, 0.717) is 11.6 Å². The van der Waals surface area contributed by atoms with Crippen molar-refractivity contribution in [1.29, 1.82) is 0 Å². The molecule has 0 bridgehead atoms. The lowest BCUT2D eigenvalue weighted by Crippen LogP contribution is -2.25. The van der Waals surface area contributed by atoms with Crippen LogP contribution in [0.3, 0.4) is 0 Å². The Morgan fingerprint density at radius 1 is 1.23 bits per heavy atom. The quantitative estimate of drug-likeness (QED) is 0.706. The maximum Gasteiger partial charge on any atom is 0.251 e. The molecule has 0 spiro atoms. The molecule has 5 nitrogen and oxygen atoms in total. The normalized spacial score (nSPS) is 13.8. The van der Waals surface area contributed by atoms with Crippen molar-refractivity contribution >= 4 is 22.6 Å². The molecule has 26 heavy (non-hydrogen) atoms. The number of hydrogen-bond donors (Lipinski definition) is 2. The van der Waals surface area contributed by atoms with Crippen molar-refractivity contribution in [2.24, 2.45) is 0 Å². The van der Waals surface area contributed by atoms with E-state index in [0.717, 1.165) is 48.2 Å². The van der Waals surface area contributed by atoms with Crippen LogP contribution < -0.4 is 10.6 Å². The zero-order chi connectivity index (χ0) is 18.1. The van der Waals surface area contributed by atoms with E-state index in [-0.39, 0.29) is 5.91 Å². The fourth-order valence-corrected chi connectivity index (χ4v) is 3.13. The lowest BCUT2D eigenvalue weighted by atomic mass is 10.1. The first-order chi connectivity index (χ1) is 12.7. The maximum atomic E-state index is 12.2. The number of anilines is 1. The molecule has 1 fully saturated rings. The molecule has 3 aromatic rings. The third-order valence-electron chi connectivity index (χ3n) is 4.68. The minimum atomic E-state index is 0.0106. The van der Waals surface area contributed by atoms with E-state index >= 15 is 0 Å². The van der Waals surface area contributed by atoms with E-state index in [1.807, 2.05) is 30.6 Å². The number of carbonyl (C=O) groups excluding carboxylic acids is 1. The van der Waals surface area contributed by atoms with Crippen LogP contribution in [0.15, 0.2) is 42.7 Å². The maximum absolute atomic E-state index is 12.2. The summed E-state index contributed by atoms with van der Waals surface area (Å²) in [7, 11) is 0. The lowest BCUT2D eigenvalue weighted by molar-refractivity contribution is 0.0951. The lowest BCUT2D eigenvalue weighted by Gasteiger charge is -2.10. The molecule has 134 valence electrons. The van der Waals surface area contributed by atoms with Crippen LogP contribution in [0.25, 0.3) is 16.7 Å². The second-order valence-corrected chi connectivity index (χ2v) is 7.02. The van der Waals surface area contributed by atoms with Crippen LogP contribution in [0.2, 0.25) is 0 Å². The first-order valence-electron chi connectivity index (χ1n) is 9.28. The average molecular weight is 348 g/mol. The van der Waals surface area contributed by atoms with Crippen LogP contribution in [0.1, 0.15) is 42.1 Å². The number of aryl methyl sites for hydroxylation is 1. The number of aromatic nitrogens is 2. The van der Waals surface area contributed by atoms with Gasteiger partial charge in [-0.15, -0.1) is 0 Å². The van der Waals surface area contributed by atoms with E-state index in [2.05, 4.69) is 46.2 Å². The molecule has 0 unspecified atom stereocenters. The summed E-state index contributed by atoms with van der Waals surface area (Å²) in [5.74, 6) is 0.0106. The summed E-state index contributed by atoms with van der Waals surface area (Å²) in [4.78, 5) is 16.8. The molecule has 0 atom stereocenters. The topological polar surface area (TPSA) is 59.0 Å². The van der Waals surface area contributed by atoms with Crippen LogP contribution in [-0.4, -0.2) is 28.0 Å². The Balaban J connectivity index is 1.65. The third kappa shape index (κ3) is 3.29. The Bertz CT molecular complexity index is 939. The second kappa shape index (κ2) is 6.83. The highest BCUT2D eigenvalue weighted by Gasteiger charge is 2.23. The van der Waals surface area contributed by atoms with Gasteiger partial charge in [-0.25, -0.2) is 4.98 Å². The number of imidazole rings is 1. The van der Waals surface area contributed by atoms with E-state index in [1.165, 1.54) is 5.56 Å². The number of amides is 1. The number of rotatable bonds is 6. The fraction of sp³-hybridized carbons (Fsp3) is 0.333. The molecule has 1 aliphatic carbocycles. The Hall–Kier alpha value is -2.82. The summed E-state index contributed by atoms with van der Waals surface area (Å²) in [6, 6.07) is 12.4. The molecular weight excluding hydrogens is 324 g/mol. The number of nitrogens with one attached hydrogen (secondary N) is 2. The van der Waals surface area contributed by atoms with Gasteiger partial charge in [0, 0.05) is 23.8 Å². The van der Waals surface area contributed by atoms with Gasteiger partial charge < -0.3 is 10.6 Å². The smallest absolute Gasteiger partial charge is 0.251 e. The van der Waals surface area contributed by atoms with E-state index in [4.69, 9.17) is 0 Å².